The average molecular weight is 507 g/mol. The molecule has 192 valence electrons. The van der Waals surface area contributed by atoms with Crippen LogP contribution in [0.25, 0.3) is 22.2 Å². The van der Waals surface area contributed by atoms with Crippen LogP contribution < -0.4 is 25.2 Å². The monoisotopic (exact) mass is 506 g/mol. The van der Waals surface area contributed by atoms with Crippen LogP contribution in [0.15, 0.2) is 47.2 Å². The van der Waals surface area contributed by atoms with E-state index in [4.69, 9.17) is 9.15 Å². The highest BCUT2D eigenvalue weighted by molar-refractivity contribution is 5.93. The third-order valence-corrected chi connectivity index (χ3v) is 6.82. The van der Waals surface area contributed by atoms with Crippen molar-refractivity contribution >= 4 is 34.0 Å². The fourth-order valence-electron chi connectivity index (χ4n) is 4.98. The number of hydrogen-bond acceptors (Lipinski definition) is 8. The van der Waals surface area contributed by atoms with Gasteiger partial charge < -0.3 is 29.6 Å². The number of fused-ring (bicyclic) bond motifs is 2. The Balaban J connectivity index is 1.33. The van der Waals surface area contributed by atoms with Gasteiger partial charge in [-0.15, -0.1) is 0 Å². The number of halogens is 2. The average Bonchev–Trinajstić information content (AvgIpc) is 3.33. The summed E-state index contributed by atoms with van der Waals surface area (Å²) in [6.07, 6.45) is 2.88. The highest BCUT2D eigenvalue weighted by Gasteiger charge is 2.26. The fourth-order valence-corrected chi connectivity index (χ4v) is 4.98. The number of hydrogen-bond donors (Lipinski definition) is 2. The predicted molar refractivity (Wildman–Crippen MR) is 140 cm³/mol. The lowest BCUT2D eigenvalue weighted by atomic mass is 10.1. The second kappa shape index (κ2) is 9.51. The molecule has 0 spiro atoms. The van der Waals surface area contributed by atoms with E-state index in [-0.39, 0.29) is 23.4 Å². The Bertz CT molecular complexity index is 1450. The molecule has 2 aliphatic heterocycles. The van der Waals surface area contributed by atoms with E-state index in [0.717, 1.165) is 54.7 Å². The van der Waals surface area contributed by atoms with Crippen LogP contribution in [-0.4, -0.2) is 55.3 Å². The SMILES string of the molecule is CC(C)N1CCOc2c(F)cc(-c3nc(Nc4ccc5occ(N6CCNCC6)c5c4)ncc3F)cc21. The lowest BCUT2D eigenvalue weighted by Gasteiger charge is -2.34. The molecule has 37 heavy (non-hydrogen) atoms. The summed E-state index contributed by atoms with van der Waals surface area (Å²) in [5.74, 6) is -0.788. The van der Waals surface area contributed by atoms with Crippen LogP contribution in [0.1, 0.15) is 13.8 Å². The zero-order valence-electron chi connectivity index (χ0n) is 20.7. The van der Waals surface area contributed by atoms with Crippen molar-refractivity contribution < 1.29 is 17.9 Å². The van der Waals surface area contributed by atoms with Crippen LogP contribution in [0, 0.1) is 11.6 Å². The van der Waals surface area contributed by atoms with E-state index in [2.05, 4.69) is 25.5 Å². The van der Waals surface area contributed by atoms with Crippen molar-refractivity contribution in [3.05, 3.63) is 54.4 Å². The maximum atomic E-state index is 15.0. The molecule has 0 radical (unpaired) electrons. The van der Waals surface area contributed by atoms with Gasteiger partial charge in [0.1, 0.15) is 24.1 Å². The molecule has 0 saturated carbocycles. The molecule has 8 nitrogen and oxygen atoms in total. The maximum Gasteiger partial charge on any atom is 0.227 e. The molecule has 1 saturated heterocycles. The van der Waals surface area contributed by atoms with Crippen molar-refractivity contribution in [3.8, 4) is 17.0 Å². The van der Waals surface area contributed by atoms with Crippen molar-refractivity contribution in [2.75, 3.05) is 54.4 Å². The maximum absolute atomic E-state index is 15.0. The Morgan fingerprint density at radius 2 is 1.86 bits per heavy atom. The van der Waals surface area contributed by atoms with E-state index < -0.39 is 11.6 Å². The Hall–Kier alpha value is -3.92. The summed E-state index contributed by atoms with van der Waals surface area (Å²) >= 11 is 0. The van der Waals surface area contributed by atoms with Crippen LogP contribution in [-0.2, 0) is 0 Å². The fraction of sp³-hybridized carbons (Fsp3) is 0.333. The summed E-state index contributed by atoms with van der Waals surface area (Å²) in [5.41, 5.74) is 3.47. The summed E-state index contributed by atoms with van der Waals surface area (Å²) in [6, 6.07) is 8.83. The first-order valence-electron chi connectivity index (χ1n) is 12.5. The summed E-state index contributed by atoms with van der Waals surface area (Å²) in [5, 5.41) is 7.49. The number of nitrogens with zero attached hydrogens (tertiary/aromatic N) is 4. The molecule has 0 bridgehead atoms. The summed E-state index contributed by atoms with van der Waals surface area (Å²) in [4.78, 5) is 12.9. The minimum Gasteiger partial charge on any atom is -0.486 e. The van der Waals surface area contributed by atoms with E-state index in [0.29, 0.717) is 24.4 Å². The number of aromatic nitrogens is 2. The van der Waals surface area contributed by atoms with Crippen molar-refractivity contribution in [3.63, 3.8) is 0 Å². The van der Waals surface area contributed by atoms with Gasteiger partial charge in [-0.2, -0.15) is 0 Å². The molecule has 0 unspecified atom stereocenters. The van der Waals surface area contributed by atoms with Crippen LogP contribution in [0.4, 0.5) is 31.8 Å². The van der Waals surface area contributed by atoms with Gasteiger partial charge in [0.25, 0.3) is 0 Å². The summed E-state index contributed by atoms with van der Waals surface area (Å²) in [6.45, 7) is 8.70. The highest BCUT2D eigenvalue weighted by Crippen LogP contribution is 2.39. The van der Waals surface area contributed by atoms with Crippen LogP contribution in [0.5, 0.6) is 5.75 Å². The number of anilines is 4. The van der Waals surface area contributed by atoms with E-state index in [1.165, 1.54) is 6.07 Å². The summed E-state index contributed by atoms with van der Waals surface area (Å²) < 4.78 is 41.2. The van der Waals surface area contributed by atoms with Gasteiger partial charge >= 0.3 is 0 Å². The number of piperazine rings is 1. The molecule has 2 aliphatic rings. The largest absolute Gasteiger partial charge is 0.486 e. The standard InChI is InChI=1S/C27H28F2N6O2/c1-16(2)35-9-10-36-26-20(28)11-17(12-22(26)35)25-21(29)14-31-27(33-25)32-18-3-4-24-19(13-18)23(15-37-24)34-7-5-30-6-8-34/h3-4,11-16,30H,5-10H2,1-2H3,(H,31,32,33). The number of ether oxygens (including phenoxy) is 1. The third-order valence-electron chi connectivity index (χ3n) is 6.82. The van der Waals surface area contributed by atoms with Crippen molar-refractivity contribution in [2.24, 2.45) is 0 Å². The van der Waals surface area contributed by atoms with Gasteiger partial charge in [-0.3, -0.25) is 0 Å². The topological polar surface area (TPSA) is 78.7 Å². The first kappa shape index (κ1) is 23.5. The highest BCUT2D eigenvalue weighted by atomic mass is 19.1. The van der Waals surface area contributed by atoms with Crippen LogP contribution in [0.2, 0.25) is 0 Å². The van der Waals surface area contributed by atoms with Crippen molar-refractivity contribution in [1.29, 1.82) is 0 Å². The number of rotatable bonds is 5. The molecular formula is C27H28F2N6O2. The minimum atomic E-state index is -0.635. The quantitative estimate of drug-likeness (QED) is 0.395. The summed E-state index contributed by atoms with van der Waals surface area (Å²) in [7, 11) is 0. The molecule has 2 aromatic carbocycles. The Labute approximate surface area is 213 Å². The third kappa shape index (κ3) is 4.42. The number of benzene rings is 2. The Morgan fingerprint density at radius 1 is 1.03 bits per heavy atom. The molecule has 0 amide bonds. The van der Waals surface area contributed by atoms with Gasteiger partial charge in [0.15, 0.2) is 17.4 Å². The molecule has 2 N–H and O–H groups in total. The Kier molecular flexibility index (Phi) is 6.03. The molecule has 4 heterocycles. The molecule has 2 aromatic heterocycles. The van der Waals surface area contributed by atoms with E-state index in [9.17, 15) is 8.78 Å². The van der Waals surface area contributed by atoms with Crippen LogP contribution >= 0.6 is 0 Å². The molecule has 10 heteroatoms. The number of nitrogens with one attached hydrogen (secondary N) is 2. The molecule has 0 atom stereocenters. The Morgan fingerprint density at radius 3 is 2.68 bits per heavy atom. The zero-order chi connectivity index (χ0) is 25.5. The molecular weight excluding hydrogens is 478 g/mol. The molecule has 0 aliphatic carbocycles. The predicted octanol–water partition coefficient (Wildman–Crippen LogP) is 4.93. The first-order chi connectivity index (χ1) is 18.0. The minimum absolute atomic E-state index is 0.0133. The second-order valence-electron chi connectivity index (χ2n) is 9.53. The second-order valence-corrected chi connectivity index (χ2v) is 9.53. The molecule has 6 rings (SSSR count). The van der Waals surface area contributed by atoms with Crippen molar-refractivity contribution in [1.82, 2.24) is 15.3 Å². The van der Waals surface area contributed by atoms with Gasteiger partial charge in [-0.25, -0.2) is 18.7 Å². The van der Waals surface area contributed by atoms with E-state index in [1.54, 1.807) is 12.3 Å². The van der Waals surface area contributed by atoms with Gasteiger partial charge in [0.05, 0.1) is 24.1 Å². The lowest BCUT2D eigenvalue weighted by Crippen LogP contribution is -2.43. The van der Waals surface area contributed by atoms with E-state index in [1.807, 2.05) is 36.9 Å². The zero-order valence-corrected chi connectivity index (χ0v) is 20.7. The van der Waals surface area contributed by atoms with E-state index >= 15 is 0 Å². The normalized spacial score (nSPS) is 15.7. The molecule has 1 fully saturated rings. The molecule has 4 aromatic rings. The van der Waals surface area contributed by atoms with Gasteiger partial charge in [-0.05, 0) is 44.2 Å². The van der Waals surface area contributed by atoms with Gasteiger partial charge in [0.2, 0.25) is 5.95 Å². The van der Waals surface area contributed by atoms with Gasteiger partial charge in [0, 0.05) is 48.9 Å². The number of furan rings is 1. The smallest absolute Gasteiger partial charge is 0.227 e. The first-order valence-corrected chi connectivity index (χ1v) is 12.5. The van der Waals surface area contributed by atoms with Crippen molar-refractivity contribution in [2.45, 2.75) is 19.9 Å². The van der Waals surface area contributed by atoms with Gasteiger partial charge in [-0.1, -0.05) is 0 Å². The lowest BCUT2D eigenvalue weighted by molar-refractivity contribution is 0.287. The van der Waals surface area contributed by atoms with Crippen LogP contribution in [0.3, 0.4) is 0 Å².